The lowest BCUT2D eigenvalue weighted by atomic mass is 9.76. The van der Waals surface area contributed by atoms with Crippen molar-refractivity contribution in [1.29, 1.82) is 0 Å². The average Bonchev–Trinajstić information content (AvgIpc) is 2.23. The van der Waals surface area contributed by atoms with Crippen LogP contribution in [-0.4, -0.2) is 67.0 Å². The highest BCUT2D eigenvalue weighted by Gasteiger charge is 2.51. The van der Waals surface area contributed by atoms with E-state index >= 15 is 0 Å². The fourth-order valence-electron chi connectivity index (χ4n) is 1.95. The smallest absolute Gasteiger partial charge is 0.407 e. The summed E-state index contributed by atoms with van der Waals surface area (Å²) in [6.45, 7) is 10.7. The SMILES string of the molecule is CC(C)(C)[Si](C)(C)OCC(O)C1(CO)CN(C(=O)O)C1. The quantitative estimate of drug-likeness (QED) is 0.667. The van der Waals surface area contributed by atoms with Crippen LogP contribution in [-0.2, 0) is 4.43 Å². The van der Waals surface area contributed by atoms with Crippen LogP contribution in [0.15, 0.2) is 0 Å². The van der Waals surface area contributed by atoms with Crippen molar-refractivity contribution in [2.45, 2.75) is 45.0 Å². The normalized spacial score (nSPS) is 20.4. The third-order valence-electron chi connectivity index (χ3n) is 4.71. The lowest BCUT2D eigenvalue weighted by molar-refractivity contribution is -0.120. The molecule has 0 aromatic carbocycles. The molecule has 0 radical (unpaired) electrons. The summed E-state index contributed by atoms with van der Waals surface area (Å²) in [5.74, 6) is 0. The predicted molar refractivity (Wildman–Crippen MR) is 78.3 cm³/mol. The molecule has 1 fully saturated rings. The minimum Gasteiger partial charge on any atom is -0.465 e. The zero-order valence-electron chi connectivity index (χ0n) is 13.0. The Hall–Kier alpha value is -0.633. The van der Waals surface area contributed by atoms with Crippen LogP contribution < -0.4 is 0 Å². The van der Waals surface area contributed by atoms with Crippen molar-refractivity contribution in [2.75, 3.05) is 26.3 Å². The molecule has 1 saturated heterocycles. The number of likely N-dealkylation sites (tertiary alicyclic amines) is 1. The fourth-order valence-corrected chi connectivity index (χ4v) is 2.95. The van der Waals surface area contributed by atoms with Crippen LogP contribution in [0.3, 0.4) is 0 Å². The Morgan fingerprint density at radius 2 is 1.90 bits per heavy atom. The van der Waals surface area contributed by atoms with E-state index in [1.165, 1.54) is 4.90 Å². The number of nitrogens with zero attached hydrogens (tertiary/aromatic N) is 1. The van der Waals surface area contributed by atoms with Crippen molar-refractivity contribution >= 4 is 14.4 Å². The topological polar surface area (TPSA) is 90.2 Å². The van der Waals surface area contributed by atoms with Gasteiger partial charge in [0, 0.05) is 13.1 Å². The Morgan fingerprint density at radius 1 is 1.40 bits per heavy atom. The lowest BCUT2D eigenvalue weighted by Crippen LogP contribution is -2.66. The first-order valence-corrected chi connectivity index (χ1v) is 9.77. The first-order valence-electron chi connectivity index (χ1n) is 6.86. The minimum atomic E-state index is -1.96. The van der Waals surface area contributed by atoms with Gasteiger partial charge in [-0.15, -0.1) is 0 Å². The van der Waals surface area contributed by atoms with E-state index < -0.39 is 25.9 Å². The summed E-state index contributed by atoms with van der Waals surface area (Å²) in [6.07, 6.45) is -1.87. The van der Waals surface area contributed by atoms with Gasteiger partial charge >= 0.3 is 6.09 Å². The molecule has 0 aromatic rings. The molecule has 1 unspecified atom stereocenters. The van der Waals surface area contributed by atoms with Crippen molar-refractivity contribution in [1.82, 2.24) is 4.90 Å². The van der Waals surface area contributed by atoms with Gasteiger partial charge in [0.05, 0.1) is 24.7 Å². The third kappa shape index (κ3) is 3.33. The molecule has 0 aromatic heterocycles. The zero-order valence-corrected chi connectivity index (χ0v) is 14.0. The molecule has 0 aliphatic carbocycles. The van der Waals surface area contributed by atoms with Crippen molar-refractivity contribution < 1.29 is 24.5 Å². The summed E-state index contributed by atoms with van der Waals surface area (Å²) in [5.41, 5.74) is -0.777. The van der Waals surface area contributed by atoms with Crippen molar-refractivity contribution in [3.8, 4) is 0 Å². The maximum atomic E-state index is 10.8. The van der Waals surface area contributed by atoms with Crippen LogP contribution in [0, 0.1) is 5.41 Å². The molecular formula is C13H27NO5Si. The molecule has 3 N–H and O–H groups in total. The van der Waals surface area contributed by atoms with E-state index in [0.717, 1.165) is 0 Å². The van der Waals surface area contributed by atoms with Crippen molar-refractivity contribution in [3.63, 3.8) is 0 Å². The second-order valence-corrected chi connectivity index (χ2v) is 12.1. The first kappa shape index (κ1) is 17.4. The molecule has 0 spiro atoms. The van der Waals surface area contributed by atoms with Gasteiger partial charge in [0.25, 0.3) is 0 Å². The van der Waals surface area contributed by atoms with E-state index in [9.17, 15) is 15.0 Å². The van der Waals surface area contributed by atoms with E-state index in [2.05, 4.69) is 33.9 Å². The second kappa shape index (κ2) is 5.63. The number of amides is 1. The van der Waals surface area contributed by atoms with Crippen LogP contribution in [0.5, 0.6) is 0 Å². The van der Waals surface area contributed by atoms with Gasteiger partial charge < -0.3 is 24.6 Å². The van der Waals surface area contributed by atoms with E-state index in [1.54, 1.807) is 0 Å². The average molecular weight is 305 g/mol. The minimum absolute atomic E-state index is 0.0474. The number of carboxylic acid groups (broad SMARTS) is 1. The number of aliphatic hydroxyl groups is 2. The Balaban J connectivity index is 2.59. The standard InChI is InChI=1S/C13H27NO5Si/c1-12(2,3)20(4,5)19-6-10(16)13(9-15)7-14(8-13)11(17)18/h10,15-16H,6-9H2,1-5H3,(H,17,18). The number of rotatable bonds is 5. The Bertz CT molecular complexity index is 360. The summed E-state index contributed by atoms with van der Waals surface area (Å²) in [5, 5.41) is 28.6. The lowest BCUT2D eigenvalue weighted by Gasteiger charge is -2.50. The number of hydrogen-bond donors (Lipinski definition) is 3. The van der Waals surface area contributed by atoms with E-state index in [0.29, 0.717) is 0 Å². The van der Waals surface area contributed by atoms with Crippen LogP contribution in [0.4, 0.5) is 4.79 Å². The monoisotopic (exact) mass is 305 g/mol. The maximum Gasteiger partial charge on any atom is 0.407 e. The highest BCUT2D eigenvalue weighted by atomic mass is 28.4. The zero-order chi connectivity index (χ0) is 15.8. The maximum absolute atomic E-state index is 10.8. The molecule has 7 heteroatoms. The van der Waals surface area contributed by atoms with Gasteiger partial charge in [-0.25, -0.2) is 4.79 Å². The molecule has 0 bridgehead atoms. The molecule has 1 amide bonds. The van der Waals surface area contributed by atoms with E-state index in [-0.39, 0.29) is 31.3 Å². The van der Waals surface area contributed by atoms with Crippen molar-refractivity contribution in [2.24, 2.45) is 5.41 Å². The Labute approximate surface area is 121 Å². The Morgan fingerprint density at radius 3 is 2.25 bits per heavy atom. The van der Waals surface area contributed by atoms with Gasteiger partial charge in [-0.1, -0.05) is 20.8 Å². The van der Waals surface area contributed by atoms with E-state index in [4.69, 9.17) is 9.53 Å². The summed E-state index contributed by atoms with van der Waals surface area (Å²) in [7, 11) is -1.96. The molecule has 1 heterocycles. The largest absolute Gasteiger partial charge is 0.465 e. The summed E-state index contributed by atoms with van der Waals surface area (Å²) >= 11 is 0. The Kier molecular flexibility index (Phi) is 4.90. The van der Waals surface area contributed by atoms with Gasteiger partial charge in [-0.2, -0.15) is 0 Å². The van der Waals surface area contributed by atoms with Gasteiger partial charge in [0.2, 0.25) is 0 Å². The van der Waals surface area contributed by atoms with Gasteiger partial charge in [0.15, 0.2) is 8.32 Å². The van der Waals surface area contributed by atoms with Crippen LogP contribution >= 0.6 is 0 Å². The molecule has 118 valence electrons. The van der Waals surface area contributed by atoms with Crippen LogP contribution in [0.25, 0.3) is 0 Å². The van der Waals surface area contributed by atoms with Crippen LogP contribution in [0.1, 0.15) is 20.8 Å². The van der Waals surface area contributed by atoms with Gasteiger partial charge in [-0.3, -0.25) is 0 Å². The molecule has 1 aliphatic rings. The predicted octanol–water partition coefficient (Wildman–Crippen LogP) is 1.34. The number of aliphatic hydroxyl groups excluding tert-OH is 2. The summed E-state index contributed by atoms with van der Waals surface area (Å²) in [6, 6.07) is 0. The van der Waals surface area contributed by atoms with Gasteiger partial charge in [0.1, 0.15) is 0 Å². The molecule has 20 heavy (non-hydrogen) atoms. The molecular weight excluding hydrogens is 278 g/mol. The first-order chi connectivity index (χ1) is 8.95. The third-order valence-corrected chi connectivity index (χ3v) is 9.21. The molecule has 0 saturated carbocycles. The number of hydrogen-bond acceptors (Lipinski definition) is 4. The summed E-state index contributed by atoms with van der Waals surface area (Å²) < 4.78 is 5.95. The molecule has 1 aliphatic heterocycles. The molecule has 6 nitrogen and oxygen atoms in total. The highest BCUT2D eigenvalue weighted by Crippen LogP contribution is 2.38. The highest BCUT2D eigenvalue weighted by molar-refractivity contribution is 6.74. The number of carbonyl (C=O) groups is 1. The molecule has 1 rings (SSSR count). The fraction of sp³-hybridized carbons (Fsp3) is 0.923. The van der Waals surface area contributed by atoms with Crippen molar-refractivity contribution in [3.05, 3.63) is 0 Å². The summed E-state index contributed by atoms with van der Waals surface area (Å²) in [4.78, 5) is 12.0. The van der Waals surface area contributed by atoms with Gasteiger partial charge in [-0.05, 0) is 18.1 Å². The van der Waals surface area contributed by atoms with E-state index in [1.807, 2.05) is 0 Å². The second-order valence-electron chi connectivity index (χ2n) is 7.25. The molecule has 1 atom stereocenters. The van der Waals surface area contributed by atoms with Crippen LogP contribution in [0.2, 0.25) is 18.1 Å².